The van der Waals surface area contributed by atoms with Gasteiger partial charge in [-0.25, -0.2) is 0 Å². The Morgan fingerprint density at radius 2 is 1.70 bits per heavy atom. The van der Waals surface area contributed by atoms with Gasteiger partial charge in [-0.15, -0.1) is 0 Å². The van der Waals surface area contributed by atoms with E-state index in [4.69, 9.17) is 0 Å². The first kappa shape index (κ1) is 9.50. The molecule has 0 amide bonds. The van der Waals surface area contributed by atoms with Crippen LogP contribution in [-0.4, -0.2) is 0 Å². The summed E-state index contributed by atoms with van der Waals surface area (Å²) < 4.78 is 2.64. The molecule has 1 radical (unpaired) electrons. The maximum atomic E-state index is 2.35. The quantitative estimate of drug-likeness (QED) is 0.547. The summed E-state index contributed by atoms with van der Waals surface area (Å²) in [6.45, 7) is 0. The van der Waals surface area contributed by atoms with E-state index in [0.29, 0.717) is 0 Å². The van der Waals surface area contributed by atoms with Gasteiger partial charge in [0.05, 0.1) is 0 Å². The minimum Gasteiger partial charge on any atom is -0.0618 e. The maximum absolute atomic E-state index is 2.35. The van der Waals surface area contributed by atoms with Crippen molar-refractivity contribution in [2.45, 2.75) is 0 Å². The Bertz CT molecular complexity index is 220. The van der Waals surface area contributed by atoms with E-state index in [0.717, 1.165) is 0 Å². The second-order valence-electron chi connectivity index (χ2n) is 1.74. The van der Waals surface area contributed by atoms with Crippen molar-refractivity contribution >= 4 is 67.8 Å². The largest absolute Gasteiger partial charge is 0.127 e. The zero-order valence-electron chi connectivity index (χ0n) is 4.94. The third-order valence-corrected chi connectivity index (χ3v) is 3.18. The van der Waals surface area contributed by atoms with Crippen LogP contribution in [0.2, 0.25) is 0 Å². The van der Waals surface area contributed by atoms with Gasteiger partial charge in [0.15, 0.2) is 0 Å². The van der Waals surface area contributed by atoms with Crippen LogP contribution in [0.3, 0.4) is 0 Å². The minimum atomic E-state index is 1.32. The number of hydrogen-bond donors (Lipinski definition) is 0. The van der Waals surface area contributed by atoms with E-state index in [-0.39, 0.29) is 0 Å². The molecule has 10 heavy (non-hydrogen) atoms. The third kappa shape index (κ3) is 2.47. The van der Waals surface area contributed by atoms with E-state index in [1.54, 1.807) is 0 Å². The molecule has 0 saturated carbocycles. The summed E-state index contributed by atoms with van der Waals surface area (Å²) >= 11 is 7.01. The Morgan fingerprint density at radius 1 is 1.10 bits per heavy atom. The SMILES string of the molecule is I[C](I)c1ccccc1I. The molecular weight excluding hydrogens is 465 g/mol. The summed E-state index contributed by atoms with van der Waals surface area (Å²) in [5.41, 5.74) is 1.34. The lowest BCUT2D eigenvalue weighted by molar-refractivity contribution is 1.54. The lowest BCUT2D eigenvalue weighted by atomic mass is 10.2. The fourth-order valence-electron chi connectivity index (χ4n) is 0.614. The highest BCUT2D eigenvalue weighted by Gasteiger charge is 2.05. The first-order valence-electron chi connectivity index (χ1n) is 2.64. The van der Waals surface area contributed by atoms with Crippen molar-refractivity contribution in [1.82, 2.24) is 0 Å². The highest BCUT2D eigenvalue weighted by molar-refractivity contribution is 14.2. The van der Waals surface area contributed by atoms with Gasteiger partial charge in [-0.3, -0.25) is 0 Å². The van der Waals surface area contributed by atoms with E-state index in [1.807, 2.05) is 0 Å². The molecule has 0 aliphatic heterocycles. The molecule has 0 fully saturated rings. The summed E-state index contributed by atoms with van der Waals surface area (Å²) in [7, 11) is 0. The molecule has 0 nitrogen and oxygen atoms in total. The highest BCUT2D eigenvalue weighted by atomic mass is 127. The Kier molecular flexibility index (Phi) is 4.22. The smallest absolute Gasteiger partial charge is 0.0618 e. The zero-order valence-corrected chi connectivity index (χ0v) is 11.4. The zero-order chi connectivity index (χ0) is 7.56. The third-order valence-electron chi connectivity index (χ3n) is 1.08. The van der Waals surface area contributed by atoms with Crippen molar-refractivity contribution in [2.75, 3.05) is 0 Å². The molecule has 0 heterocycles. The normalized spacial score (nSPS) is 10.4. The van der Waals surface area contributed by atoms with E-state index < -0.39 is 0 Å². The van der Waals surface area contributed by atoms with E-state index in [2.05, 4.69) is 92.0 Å². The van der Waals surface area contributed by atoms with Crippen LogP contribution in [0, 0.1) is 5.50 Å². The molecule has 0 aliphatic carbocycles. The fourth-order valence-corrected chi connectivity index (χ4v) is 3.24. The van der Waals surface area contributed by atoms with Gasteiger partial charge in [0.1, 0.15) is 1.93 Å². The van der Waals surface area contributed by atoms with Crippen molar-refractivity contribution in [3.63, 3.8) is 0 Å². The van der Waals surface area contributed by atoms with Gasteiger partial charge in [0, 0.05) is 3.57 Å². The average molecular weight is 469 g/mol. The van der Waals surface area contributed by atoms with Gasteiger partial charge < -0.3 is 0 Å². The first-order chi connectivity index (χ1) is 4.72. The molecule has 0 bridgehead atoms. The molecule has 1 rings (SSSR count). The molecule has 1 aromatic carbocycles. The summed E-state index contributed by atoms with van der Waals surface area (Å²) in [6, 6.07) is 8.37. The van der Waals surface area contributed by atoms with Crippen LogP contribution in [0.1, 0.15) is 5.56 Å². The topological polar surface area (TPSA) is 0 Å². The van der Waals surface area contributed by atoms with Gasteiger partial charge in [-0.2, -0.15) is 0 Å². The van der Waals surface area contributed by atoms with Crippen molar-refractivity contribution in [2.24, 2.45) is 0 Å². The van der Waals surface area contributed by atoms with Gasteiger partial charge >= 0.3 is 0 Å². The van der Waals surface area contributed by atoms with Crippen LogP contribution in [0.25, 0.3) is 0 Å². The van der Waals surface area contributed by atoms with Crippen molar-refractivity contribution in [1.29, 1.82) is 0 Å². The molecule has 0 aliphatic rings. The van der Waals surface area contributed by atoms with Gasteiger partial charge in [-0.05, 0) is 34.2 Å². The van der Waals surface area contributed by atoms with Crippen LogP contribution in [-0.2, 0) is 0 Å². The maximum Gasteiger partial charge on any atom is 0.127 e. The molecule has 0 spiro atoms. The summed E-state index contributed by atoms with van der Waals surface area (Å²) in [5.74, 6) is 0. The summed E-state index contributed by atoms with van der Waals surface area (Å²) in [5, 5.41) is 0. The summed E-state index contributed by atoms with van der Waals surface area (Å²) in [6.07, 6.45) is 0. The van der Waals surface area contributed by atoms with Gasteiger partial charge in [0.2, 0.25) is 0 Å². The lowest BCUT2D eigenvalue weighted by Gasteiger charge is -2.02. The van der Waals surface area contributed by atoms with Crippen LogP contribution in [0.15, 0.2) is 24.3 Å². The predicted octanol–water partition coefficient (Wildman–Crippen LogP) is 4.00. The Hall–Kier alpha value is 1.41. The minimum absolute atomic E-state index is 1.32. The van der Waals surface area contributed by atoms with Crippen LogP contribution >= 0.6 is 67.8 Å². The molecule has 3 heteroatoms. The lowest BCUT2D eigenvalue weighted by Crippen LogP contribution is -1.84. The molecule has 0 atom stereocenters. The second-order valence-corrected chi connectivity index (χ2v) is 7.12. The molecule has 0 saturated heterocycles. The predicted molar refractivity (Wildman–Crippen MR) is 69.5 cm³/mol. The first-order valence-corrected chi connectivity index (χ1v) is 5.88. The standard InChI is InChI=1S/C7H4I3/c8-6-4-2-1-3-5(6)7(9)10/h1-4H. The number of hydrogen-bond acceptors (Lipinski definition) is 0. The molecular formula is C7H4I3. The van der Waals surface area contributed by atoms with Crippen molar-refractivity contribution in [3.05, 3.63) is 35.3 Å². The second kappa shape index (κ2) is 4.44. The number of benzene rings is 1. The summed E-state index contributed by atoms with van der Waals surface area (Å²) in [4.78, 5) is 0. The fraction of sp³-hybridized carbons (Fsp3) is 0. The number of rotatable bonds is 1. The molecule has 53 valence electrons. The monoisotopic (exact) mass is 469 g/mol. The number of halogens is 3. The van der Waals surface area contributed by atoms with Crippen LogP contribution in [0.5, 0.6) is 0 Å². The molecule has 1 aromatic rings. The van der Waals surface area contributed by atoms with Crippen LogP contribution < -0.4 is 0 Å². The average Bonchev–Trinajstić information content (AvgIpc) is 1.88. The Labute approximate surface area is 102 Å². The van der Waals surface area contributed by atoms with Gasteiger partial charge in [-0.1, -0.05) is 63.4 Å². The Morgan fingerprint density at radius 3 is 2.10 bits per heavy atom. The highest BCUT2D eigenvalue weighted by Crippen LogP contribution is 2.31. The van der Waals surface area contributed by atoms with Crippen LogP contribution in [0.4, 0.5) is 0 Å². The van der Waals surface area contributed by atoms with E-state index in [1.165, 1.54) is 11.1 Å². The molecule has 0 aromatic heterocycles. The van der Waals surface area contributed by atoms with Gasteiger partial charge in [0.25, 0.3) is 0 Å². The van der Waals surface area contributed by atoms with E-state index >= 15 is 0 Å². The molecule has 0 unspecified atom stereocenters. The molecule has 0 N–H and O–H groups in total. The van der Waals surface area contributed by atoms with Crippen molar-refractivity contribution < 1.29 is 0 Å². The van der Waals surface area contributed by atoms with E-state index in [9.17, 15) is 0 Å². The van der Waals surface area contributed by atoms with Crippen molar-refractivity contribution in [3.8, 4) is 0 Å². The Balaban J connectivity index is 3.03.